The zero-order valence-electron chi connectivity index (χ0n) is 7.86. The number of rotatable bonds is 3. The molecule has 0 saturated heterocycles. The maximum atomic E-state index is 10.6. The Kier molecular flexibility index (Phi) is 3.88. The van der Waals surface area contributed by atoms with Crippen molar-refractivity contribution in [2.45, 2.75) is 6.92 Å². The minimum absolute atomic E-state index is 0.128. The van der Waals surface area contributed by atoms with E-state index in [-0.39, 0.29) is 12.4 Å². The largest absolute Gasteiger partial charge is 0.428 e. The van der Waals surface area contributed by atoms with Crippen molar-refractivity contribution in [2.24, 2.45) is 0 Å². The maximum Gasteiger partial charge on any atom is 0.307 e. The van der Waals surface area contributed by atoms with E-state index in [0.717, 1.165) is 5.56 Å². The van der Waals surface area contributed by atoms with Crippen LogP contribution in [-0.4, -0.2) is 17.7 Å². The van der Waals surface area contributed by atoms with E-state index in [0.29, 0.717) is 0 Å². The number of hydrogen-bond donors (Lipinski definition) is 1. The van der Waals surface area contributed by atoms with Crippen LogP contribution in [0, 0.1) is 6.08 Å². The summed E-state index contributed by atoms with van der Waals surface area (Å²) >= 11 is 0. The fourth-order valence-electron chi connectivity index (χ4n) is 0.953. The second kappa shape index (κ2) is 5.19. The van der Waals surface area contributed by atoms with Crippen molar-refractivity contribution >= 4 is 5.97 Å². The van der Waals surface area contributed by atoms with Gasteiger partial charge in [0.1, 0.15) is 12.4 Å². The number of carbonyl (C=O) groups excluding carboxylic acids is 1. The number of ether oxygens (including phenoxy) is 1. The SMILES string of the molecule is CC(=O)OC(=[C]c1ccccc1)CO. The van der Waals surface area contributed by atoms with Crippen LogP contribution in [0.15, 0.2) is 36.1 Å². The minimum atomic E-state index is -0.461. The van der Waals surface area contributed by atoms with Crippen molar-refractivity contribution in [3.8, 4) is 0 Å². The molecule has 1 aromatic rings. The maximum absolute atomic E-state index is 10.6. The Morgan fingerprint density at radius 2 is 2.07 bits per heavy atom. The zero-order chi connectivity index (χ0) is 10.4. The lowest BCUT2D eigenvalue weighted by atomic mass is 10.2. The molecule has 0 unspecified atom stereocenters. The van der Waals surface area contributed by atoms with Gasteiger partial charge in [-0.25, -0.2) is 0 Å². The second-order valence-corrected chi connectivity index (χ2v) is 2.67. The van der Waals surface area contributed by atoms with Gasteiger partial charge in [0, 0.05) is 13.0 Å². The third kappa shape index (κ3) is 3.41. The Balaban J connectivity index is 2.78. The summed E-state index contributed by atoms with van der Waals surface area (Å²) < 4.78 is 4.72. The lowest BCUT2D eigenvalue weighted by molar-refractivity contribution is -0.137. The average Bonchev–Trinajstić information content (AvgIpc) is 2.17. The van der Waals surface area contributed by atoms with Crippen LogP contribution in [0.3, 0.4) is 0 Å². The van der Waals surface area contributed by atoms with Crippen LogP contribution >= 0.6 is 0 Å². The summed E-state index contributed by atoms with van der Waals surface area (Å²) in [7, 11) is 0. The molecule has 0 atom stereocenters. The van der Waals surface area contributed by atoms with Gasteiger partial charge in [-0.15, -0.1) is 0 Å². The first-order valence-electron chi connectivity index (χ1n) is 4.19. The fraction of sp³-hybridized carbons (Fsp3) is 0.182. The Morgan fingerprint density at radius 3 is 2.57 bits per heavy atom. The van der Waals surface area contributed by atoms with Gasteiger partial charge in [-0.05, 0) is 5.56 Å². The Bertz CT molecular complexity index is 328. The fourth-order valence-corrected chi connectivity index (χ4v) is 0.953. The van der Waals surface area contributed by atoms with Crippen LogP contribution in [0.4, 0.5) is 0 Å². The normalized spacial score (nSPS) is 11.1. The summed E-state index contributed by atoms with van der Waals surface area (Å²) in [6, 6.07) is 9.16. The van der Waals surface area contributed by atoms with E-state index < -0.39 is 5.97 Å². The van der Waals surface area contributed by atoms with Gasteiger partial charge in [0.15, 0.2) is 0 Å². The molecular weight excluding hydrogens is 180 g/mol. The van der Waals surface area contributed by atoms with E-state index in [4.69, 9.17) is 9.84 Å². The van der Waals surface area contributed by atoms with Gasteiger partial charge >= 0.3 is 5.97 Å². The number of carbonyl (C=O) groups is 1. The first kappa shape index (κ1) is 10.5. The summed E-state index contributed by atoms with van der Waals surface area (Å²) in [4.78, 5) is 10.6. The van der Waals surface area contributed by atoms with Crippen LogP contribution < -0.4 is 0 Å². The highest BCUT2D eigenvalue weighted by Gasteiger charge is 2.00. The van der Waals surface area contributed by atoms with E-state index in [1.54, 1.807) is 12.1 Å². The molecule has 14 heavy (non-hydrogen) atoms. The molecule has 0 aliphatic carbocycles. The van der Waals surface area contributed by atoms with E-state index >= 15 is 0 Å². The lowest BCUT2D eigenvalue weighted by Crippen LogP contribution is -2.03. The number of benzene rings is 1. The lowest BCUT2D eigenvalue weighted by Gasteiger charge is -2.02. The highest BCUT2D eigenvalue weighted by molar-refractivity contribution is 5.67. The molecule has 73 valence electrons. The monoisotopic (exact) mass is 191 g/mol. The third-order valence-corrected chi connectivity index (χ3v) is 1.47. The van der Waals surface area contributed by atoms with Crippen molar-refractivity contribution in [3.63, 3.8) is 0 Å². The molecule has 1 rings (SSSR count). The molecule has 0 amide bonds. The average molecular weight is 191 g/mol. The molecule has 1 N–H and O–H groups in total. The van der Waals surface area contributed by atoms with Gasteiger partial charge in [-0.3, -0.25) is 4.79 Å². The van der Waals surface area contributed by atoms with Crippen molar-refractivity contribution in [1.82, 2.24) is 0 Å². The Labute approximate surface area is 82.6 Å². The highest BCUT2D eigenvalue weighted by Crippen LogP contribution is 2.04. The van der Waals surface area contributed by atoms with E-state index in [1.807, 2.05) is 18.2 Å². The number of aliphatic hydroxyl groups is 1. The molecule has 1 radical (unpaired) electrons. The van der Waals surface area contributed by atoms with Crippen molar-refractivity contribution in [3.05, 3.63) is 47.7 Å². The molecule has 0 saturated carbocycles. The highest BCUT2D eigenvalue weighted by atomic mass is 16.5. The Morgan fingerprint density at radius 1 is 1.43 bits per heavy atom. The zero-order valence-corrected chi connectivity index (χ0v) is 7.86. The quantitative estimate of drug-likeness (QED) is 0.578. The summed E-state index contributed by atoms with van der Waals surface area (Å²) in [6.07, 6.45) is 2.78. The summed E-state index contributed by atoms with van der Waals surface area (Å²) in [5.74, 6) is -0.332. The van der Waals surface area contributed by atoms with Gasteiger partial charge in [-0.1, -0.05) is 30.3 Å². The first-order chi connectivity index (χ1) is 6.72. The number of aliphatic hydroxyl groups excluding tert-OH is 1. The summed E-state index contributed by atoms with van der Waals surface area (Å²) in [5.41, 5.74) is 0.762. The summed E-state index contributed by atoms with van der Waals surface area (Å²) in [6.45, 7) is 0.941. The molecule has 0 bridgehead atoms. The van der Waals surface area contributed by atoms with Gasteiger partial charge in [-0.2, -0.15) is 0 Å². The minimum Gasteiger partial charge on any atom is -0.428 e. The van der Waals surface area contributed by atoms with E-state index in [9.17, 15) is 4.79 Å². The van der Waals surface area contributed by atoms with Crippen molar-refractivity contribution in [2.75, 3.05) is 6.61 Å². The standard InChI is InChI=1S/C11H11O3/c1-9(13)14-11(8-12)7-10-5-3-2-4-6-10/h2-6,12H,8H2,1H3. The predicted octanol–water partition coefficient (Wildman–Crippen LogP) is 1.28. The van der Waals surface area contributed by atoms with Crippen molar-refractivity contribution in [1.29, 1.82) is 0 Å². The molecule has 3 heteroatoms. The molecular formula is C11H11O3. The van der Waals surface area contributed by atoms with Gasteiger partial charge < -0.3 is 9.84 Å². The third-order valence-electron chi connectivity index (χ3n) is 1.47. The predicted molar refractivity (Wildman–Crippen MR) is 51.2 cm³/mol. The van der Waals surface area contributed by atoms with Gasteiger partial charge in [0.25, 0.3) is 0 Å². The first-order valence-corrected chi connectivity index (χ1v) is 4.19. The van der Waals surface area contributed by atoms with Crippen LogP contribution in [0.1, 0.15) is 12.5 Å². The molecule has 0 fully saturated rings. The molecule has 0 aliphatic rings. The van der Waals surface area contributed by atoms with E-state index in [1.165, 1.54) is 6.92 Å². The molecule has 3 nitrogen and oxygen atoms in total. The molecule has 0 aliphatic heterocycles. The molecule has 0 spiro atoms. The second-order valence-electron chi connectivity index (χ2n) is 2.67. The van der Waals surface area contributed by atoms with Gasteiger partial charge in [0.05, 0.1) is 0 Å². The van der Waals surface area contributed by atoms with Crippen LogP contribution in [-0.2, 0) is 9.53 Å². The van der Waals surface area contributed by atoms with E-state index in [2.05, 4.69) is 6.08 Å². The van der Waals surface area contributed by atoms with Crippen LogP contribution in [0.25, 0.3) is 0 Å². The number of esters is 1. The van der Waals surface area contributed by atoms with Crippen molar-refractivity contribution < 1.29 is 14.6 Å². The summed E-state index contributed by atoms with van der Waals surface area (Å²) in [5, 5.41) is 8.86. The van der Waals surface area contributed by atoms with Gasteiger partial charge in [0.2, 0.25) is 0 Å². The molecule has 0 heterocycles. The smallest absolute Gasteiger partial charge is 0.307 e. The topological polar surface area (TPSA) is 46.5 Å². The van der Waals surface area contributed by atoms with Crippen LogP contribution in [0.2, 0.25) is 0 Å². The number of hydrogen-bond acceptors (Lipinski definition) is 3. The molecule has 1 aromatic carbocycles. The molecule has 0 aromatic heterocycles. The van der Waals surface area contributed by atoms with Crippen LogP contribution in [0.5, 0.6) is 0 Å². The Hall–Kier alpha value is -1.61.